The van der Waals surface area contributed by atoms with Gasteiger partial charge in [0.05, 0.1) is 34.2 Å². The minimum atomic E-state index is -0.114. The van der Waals surface area contributed by atoms with Crippen molar-refractivity contribution in [2.45, 2.75) is 20.4 Å². The zero-order chi connectivity index (χ0) is 18.8. The van der Waals surface area contributed by atoms with Crippen molar-refractivity contribution >= 4 is 16.9 Å². The number of nitrogens with one attached hydrogen (secondary N) is 1. The third kappa shape index (κ3) is 3.21. The highest BCUT2D eigenvalue weighted by atomic mass is 16.1. The summed E-state index contributed by atoms with van der Waals surface area (Å²) in [6.07, 6.45) is 1.62. The molecular formula is C21H21N5O. The predicted molar refractivity (Wildman–Crippen MR) is 105 cm³/mol. The van der Waals surface area contributed by atoms with Gasteiger partial charge in [0, 0.05) is 13.1 Å². The van der Waals surface area contributed by atoms with Crippen LogP contribution in [0.15, 0.2) is 60.8 Å². The van der Waals surface area contributed by atoms with Gasteiger partial charge in [-0.25, -0.2) is 9.67 Å². The Bertz CT molecular complexity index is 1090. The number of carbonyl (C=O) groups is 1. The van der Waals surface area contributed by atoms with E-state index in [0.717, 1.165) is 28.2 Å². The lowest BCUT2D eigenvalue weighted by atomic mass is 10.2. The lowest BCUT2D eigenvalue weighted by Crippen LogP contribution is -2.27. The molecule has 0 fully saturated rings. The maximum atomic E-state index is 12.6. The van der Waals surface area contributed by atoms with Gasteiger partial charge in [0.25, 0.3) is 5.91 Å². The normalized spacial score (nSPS) is 11.0. The summed E-state index contributed by atoms with van der Waals surface area (Å²) in [6, 6.07) is 17.8. The lowest BCUT2D eigenvalue weighted by Gasteiger charge is -2.09. The molecule has 4 rings (SSSR count). The van der Waals surface area contributed by atoms with E-state index < -0.39 is 0 Å². The Labute approximate surface area is 157 Å². The highest BCUT2D eigenvalue weighted by molar-refractivity contribution is 5.95. The van der Waals surface area contributed by atoms with Crippen LogP contribution in [0.3, 0.4) is 0 Å². The van der Waals surface area contributed by atoms with Crippen LogP contribution < -0.4 is 5.32 Å². The van der Waals surface area contributed by atoms with Crippen molar-refractivity contribution in [3.63, 3.8) is 0 Å². The number of para-hydroxylation sites is 3. The van der Waals surface area contributed by atoms with E-state index >= 15 is 0 Å². The van der Waals surface area contributed by atoms with Gasteiger partial charge in [-0.2, -0.15) is 5.10 Å². The molecule has 136 valence electrons. The number of hydrogen-bond donors (Lipinski definition) is 1. The Morgan fingerprint density at radius 1 is 1.04 bits per heavy atom. The third-order valence-electron chi connectivity index (χ3n) is 4.72. The number of rotatable bonds is 5. The van der Waals surface area contributed by atoms with Crippen molar-refractivity contribution in [2.75, 3.05) is 6.54 Å². The number of aryl methyl sites for hydroxylation is 1. The zero-order valence-electron chi connectivity index (χ0n) is 15.4. The van der Waals surface area contributed by atoms with E-state index in [2.05, 4.69) is 20.0 Å². The molecule has 6 nitrogen and oxygen atoms in total. The Morgan fingerprint density at radius 3 is 2.59 bits per heavy atom. The molecule has 4 aromatic rings. The molecule has 2 heterocycles. The molecule has 0 aliphatic heterocycles. The summed E-state index contributed by atoms with van der Waals surface area (Å²) in [7, 11) is 0. The van der Waals surface area contributed by atoms with Crippen LogP contribution >= 0.6 is 0 Å². The second-order valence-corrected chi connectivity index (χ2v) is 6.45. The molecule has 1 amide bonds. The molecule has 0 atom stereocenters. The Balaban J connectivity index is 1.46. The molecule has 0 saturated heterocycles. The number of benzene rings is 2. The maximum absolute atomic E-state index is 12.6. The van der Waals surface area contributed by atoms with Crippen LogP contribution in [0.4, 0.5) is 0 Å². The minimum Gasteiger partial charge on any atom is -0.350 e. The van der Waals surface area contributed by atoms with Gasteiger partial charge in [-0.1, -0.05) is 30.3 Å². The molecule has 0 unspecified atom stereocenters. The minimum absolute atomic E-state index is 0.114. The fourth-order valence-corrected chi connectivity index (χ4v) is 3.32. The van der Waals surface area contributed by atoms with Crippen LogP contribution in [0.1, 0.15) is 21.9 Å². The van der Waals surface area contributed by atoms with E-state index in [-0.39, 0.29) is 5.91 Å². The van der Waals surface area contributed by atoms with E-state index in [1.807, 2.05) is 68.4 Å². The molecule has 6 heteroatoms. The highest BCUT2D eigenvalue weighted by Crippen LogP contribution is 2.16. The van der Waals surface area contributed by atoms with Crippen molar-refractivity contribution in [1.29, 1.82) is 0 Å². The van der Waals surface area contributed by atoms with Crippen molar-refractivity contribution in [1.82, 2.24) is 24.6 Å². The summed E-state index contributed by atoms with van der Waals surface area (Å²) in [5.41, 5.74) is 4.40. The topological polar surface area (TPSA) is 64.7 Å². The van der Waals surface area contributed by atoms with E-state index in [1.54, 1.807) is 10.9 Å². The number of aromatic nitrogens is 4. The largest absolute Gasteiger partial charge is 0.350 e. The zero-order valence-corrected chi connectivity index (χ0v) is 15.4. The molecule has 2 aromatic heterocycles. The first kappa shape index (κ1) is 17.0. The molecule has 0 aliphatic carbocycles. The van der Waals surface area contributed by atoms with E-state index in [4.69, 9.17) is 0 Å². The number of nitrogens with zero attached hydrogens (tertiary/aromatic N) is 4. The number of fused-ring (bicyclic) bond motifs is 1. The smallest absolute Gasteiger partial charge is 0.254 e. The first-order valence-corrected chi connectivity index (χ1v) is 8.95. The second-order valence-electron chi connectivity index (χ2n) is 6.45. The van der Waals surface area contributed by atoms with Gasteiger partial charge in [-0.3, -0.25) is 4.79 Å². The lowest BCUT2D eigenvalue weighted by molar-refractivity contribution is 0.0951. The van der Waals surface area contributed by atoms with Crippen molar-refractivity contribution < 1.29 is 4.79 Å². The maximum Gasteiger partial charge on any atom is 0.254 e. The average Bonchev–Trinajstić information content (AvgIpc) is 3.22. The number of imidazole rings is 1. The van der Waals surface area contributed by atoms with Crippen LogP contribution in [0.2, 0.25) is 0 Å². The summed E-state index contributed by atoms with van der Waals surface area (Å²) in [5.74, 6) is 0.829. The Morgan fingerprint density at radius 2 is 1.78 bits per heavy atom. The van der Waals surface area contributed by atoms with Crippen LogP contribution in [0.25, 0.3) is 16.7 Å². The standard InChI is InChI=1S/C21H21N5O/c1-15-18(14-23-26(15)17-8-4-3-5-9-17)21(27)22-12-13-25-16(2)24-19-10-6-7-11-20(19)25/h3-11,14H,12-13H2,1-2H3,(H,22,27). The molecule has 0 saturated carbocycles. The Hall–Kier alpha value is -3.41. The van der Waals surface area contributed by atoms with Crippen molar-refractivity contribution in [2.24, 2.45) is 0 Å². The Kier molecular flexibility index (Phi) is 4.46. The number of amides is 1. The molecule has 0 aliphatic rings. The van der Waals surface area contributed by atoms with E-state index in [0.29, 0.717) is 18.7 Å². The van der Waals surface area contributed by atoms with E-state index in [9.17, 15) is 4.79 Å². The highest BCUT2D eigenvalue weighted by Gasteiger charge is 2.15. The predicted octanol–water partition coefficient (Wildman–Crippen LogP) is 3.27. The van der Waals surface area contributed by atoms with Gasteiger partial charge in [-0.05, 0) is 38.1 Å². The average molecular weight is 359 g/mol. The van der Waals surface area contributed by atoms with Crippen molar-refractivity contribution in [3.05, 3.63) is 77.9 Å². The van der Waals surface area contributed by atoms with Crippen LogP contribution in [-0.4, -0.2) is 31.8 Å². The fourth-order valence-electron chi connectivity index (χ4n) is 3.32. The summed E-state index contributed by atoms with van der Waals surface area (Å²) >= 11 is 0. The van der Waals surface area contributed by atoms with Crippen LogP contribution in [-0.2, 0) is 6.54 Å². The van der Waals surface area contributed by atoms with Crippen LogP contribution in [0.5, 0.6) is 0 Å². The van der Waals surface area contributed by atoms with Crippen LogP contribution in [0, 0.1) is 13.8 Å². The molecule has 0 radical (unpaired) electrons. The van der Waals surface area contributed by atoms with Gasteiger partial charge in [-0.15, -0.1) is 0 Å². The first-order chi connectivity index (χ1) is 13.1. The van der Waals surface area contributed by atoms with Crippen molar-refractivity contribution in [3.8, 4) is 5.69 Å². The number of carbonyl (C=O) groups excluding carboxylic acids is 1. The molecule has 1 N–H and O–H groups in total. The molecule has 0 spiro atoms. The quantitative estimate of drug-likeness (QED) is 0.595. The summed E-state index contributed by atoms with van der Waals surface area (Å²) in [6.45, 7) is 5.08. The fraction of sp³-hybridized carbons (Fsp3) is 0.190. The second kappa shape index (κ2) is 7.07. The number of hydrogen-bond acceptors (Lipinski definition) is 3. The van der Waals surface area contributed by atoms with E-state index in [1.165, 1.54) is 0 Å². The summed E-state index contributed by atoms with van der Waals surface area (Å²) in [4.78, 5) is 17.2. The van der Waals surface area contributed by atoms with Gasteiger partial charge in [0.15, 0.2) is 0 Å². The van der Waals surface area contributed by atoms with Gasteiger partial charge >= 0.3 is 0 Å². The molecule has 0 bridgehead atoms. The van der Waals surface area contributed by atoms with Gasteiger partial charge < -0.3 is 9.88 Å². The molecule has 2 aromatic carbocycles. The summed E-state index contributed by atoms with van der Waals surface area (Å²) in [5, 5.41) is 7.35. The first-order valence-electron chi connectivity index (χ1n) is 8.95. The molecule has 27 heavy (non-hydrogen) atoms. The van der Waals surface area contributed by atoms with Gasteiger partial charge in [0.1, 0.15) is 5.82 Å². The summed E-state index contributed by atoms with van der Waals surface area (Å²) < 4.78 is 3.90. The SMILES string of the molecule is Cc1c(C(=O)NCCn2c(C)nc3ccccc32)cnn1-c1ccccc1. The molecular weight excluding hydrogens is 338 g/mol. The van der Waals surface area contributed by atoms with Gasteiger partial charge in [0.2, 0.25) is 0 Å². The third-order valence-corrected chi connectivity index (χ3v) is 4.72. The monoisotopic (exact) mass is 359 g/mol.